The molecule has 0 spiro atoms. The van der Waals surface area contributed by atoms with Gasteiger partial charge in [-0.2, -0.15) is 0 Å². The van der Waals surface area contributed by atoms with Crippen LogP contribution in [0.3, 0.4) is 0 Å². The maximum absolute atomic E-state index is 11.0. The van der Waals surface area contributed by atoms with Gasteiger partial charge >= 0.3 is 0 Å². The average molecular weight is 289 g/mol. The molecule has 20 heavy (non-hydrogen) atoms. The first-order valence-electron chi connectivity index (χ1n) is 6.68. The molecule has 0 saturated carbocycles. The number of rotatable bonds is 5. The minimum absolute atomic E-state index is 0.0635. The summed E-state index contributed by atoms with van der Waals surface area (Å²) < 4.78 is 0. The monoisotopic (exact) mass is 289 g/mol. The highest BCUT2D eigenvalue weighted by molar-refractivity contribution is 7.14. The van der Waals surface area contributed by atoms with Gasteiger partial charge in [-0.25, -0.2) is 4.98 Å². The number of amides is 1. The quantitative estimate of drug-likeness (QED) is 0.875. The van der Waals surface area contributed by atoms with E-state index in [4.69, 9.17) is 0 Å². The molecule has 1 amide bonds. The number of carbonyl (C=O) groups excluding carboxylic acids is 1. The maximum Gasteiger partial charge on any atom is 0.221 e. The molecule has 0 saturated heterocycles. The molecule has 2 N–H and O–H groups in total. The lowest BCUT2D eigenvalue weighted by Gasteiger charge is -2.08. The van der Waals surface area contributed by atoms with Crippen molar-refractivity contribution in [2.45, 2.75) is 33.2 Å². The van der Waals surface area contributed by atoms with E-state index in [2.05, 4.69) is 29.5 Å². The smallest absolute Gasteiger partial charge is 0.221 e. The van der Waals surface area contributed by atoms with Gasteiger partial charge in [0.05, 0.1) is 5.69 Å². The average Bonchev–Trinajstić information content (AvgIpc) is 2.87. The van der Waals surface area contributed by atoms with E-state index in [1.54, 1.807) is 11.3 Å². The number of carbonyl (C=O) groups is 1. The second-order valence-electron chi connectivity index (χ2n) is 4.75. The summed E-state index contributed by atoms with van der Waals surface area (Å²) >= 11 is 1.61. The number of anilines is 2. The Labute approximate surface area is 123 Å². The van der Waals surface area contributed by atoms with Crippen molar-refractivity contribution < 1.29 is 4.79 Å². The zero-order valence-corrected chi connectivity index (χ0v) is 12.8. The number of aromatic nitrogens is 1. The normalized spacial score (nSPS) is 11.9. The molecule has 0 fully saturated rings. The Morgan fingerprint density at radius 2 is 2.05 bits per heavy atom. The van der Waals surface area contributed by atoms with Crippen LogP contribution in [-0.4, -0.2) is 16.9 Å². The minimum atomic E-state index is -0.0635. The highest BCUT2D eigenvalue weighted by Gasteiger charge is 2.06. The van der Waals surface area contributed by atoms with Gasteiger partial charge in [-0.3, -0.25) is 4.79 Å². The molecule has 0 unspecified atom stereocenters. The van der Waals surface area contributed by atoms with E-state index in [9.17, 15) is 4.79 Å². The Morgan fingerprint density at radius 1 is 1.35 bits per heavy atom. The number of thiazole rings is 1. The molecule has 0 bridgehead atoms. The van der Waals surface area contributed by atoms with E-state index in [0.717, 1.165) is 28.5 Å². The fourth-order valence-electron chi connectivity index (χ4n) is 1.71. The molecular formula is C15H19N3OS. The van der Waals surface area contributed by atoms with E-state index in [-0.39, 0.29) is 5.91 Å². The Morgan fingerprint density at radius 3 is 2.65 bits per heavy atom. The van der Waals surface area contributed by atoms with Crippen LogP contribution in [0.4, 0.5) is 10.8 Å². The lowest BCUT2D eigenvalue weighted by molar-refractivity contribution is -0.114. The fourth-order valence-corrected chi connectivity index (χ4v) is 2.55. The Hall–Kier alpha value is -1.88. The largest absolute Gasteiger partial charge is 0.359 e. The van der Waals surface area contributed by atoms with Crippen molar-refractivity contribution >= 4 is 28.1 Å². The second kappa shape index (κ2) is 6.52. The van der Waals surface area contributed by atoms with Gasteiger partial charge < -0.3 is 10.6 Å². The van der Waals surface area contributed by atoms with Crippen molar-refractivity contribution in [2.75, 3.05) is 10.6 Å². The zero-order valence-electron chi connectivity index (χ0n) is 11.9. The predicted octanol–water partition coefficient (Wildman–Crippen LogP) is 3.98. The Balaban J connectivity index is 2.09. The van der Waals surface area contributed by atoms with Crippen LogP contribution >= 0.6 is 11.3 Å². The van der Waals surface area contributed by atoms with Gasteiger partial charge in [0.25, 0.3) is 0 Å². The van der Waals surface area contributed by atoms with E-state index in [0.29, 0.717) is 6.04 Å². The maximum atomic E-state index is 11.0. The Bertz CT molecular complexity index is 577. The summed E-state index contributed by atoms with van der Waals surface area (Å²) in [4.78, 5) is 15.6. The van der Waals surface area contributed by atoms with Crippen LogP contribution in [-0.2, 0) is 4.79 Å². The van der Waals surface area contributed by atoms with Crippen molar-refractivity contribution in [2.24, 2.45) is 0 Å². The van der Waals surface area contributed by atoms with Gasteiger partial charge in [0.15, 0.2) is 5.13 Å². The van der Waals surface area contributed by atoms with Crippen LogP contribution in [0.25, 0.3) is 11.3 Å². The molecule has 0 aliphatic heterocycles. The van der Waals surface area contributed by atoms with Gasteiger partial charge in [-0.05, 0) is 25.5 Å². The number of benzene rings is 1. The number of hydrogen-bond acceptors (Lipinski definition) is 4. The summed E-state index contributed by atoms with van der Waals surface area (Å²) in [5.41, 5.74) is 2.80. The van der Waals surface area contributed by atoms with Gasteiger partial charge in [0.2, 0.25) is 5.91 Å². The van der Waals surface area contributed by atoms with Crippen molar-refractivity contribution in [1.29, 1.82) is 0 Å². The van der Waals surface area contributed by atoms with Crippen LogP contribution in [0.1, 0.15) is 27.2 Å². The number of hydrogen-bond donors (Lipinski definition) is 2. The van der Waals surface area contributed by atoms with E-state index < -0.39 is 0 Å². The topological polar surface area (TPSA) is 54.0 Å². The second-order valence-corrected chi connectivity index (χ2v) is 5.61. The van der Waals surface area contributed by atoms with Crippen LogP contribution < -0.4 is 10.6 Å². The Kier molecular flexibility index (Phi) is 4.74. The molecule has 1 aromatic carbocycles. The molecular weight excluding hydrogens is 270 g/mol. The van der Waals surface area contributed by atoms with Crippen LogP contribution in [0, 0.1) is 0 Å². The van der Waals surface area contributed by atoms with E-state index >= 15 is 0 Å². The predicted molar refractivity (Wildman–Crippen MR) is 85.2 cm³/mol. The van der Waals surface area contributed by atoms with Gasteiger partial charge in [-0.15, -0.1) is 11.3 Å². The molecule has 1 heterocycles. The van der Waals surface area contributed by atoms with E-state index in [1.165, 1.54) is 6.92 Å². The van der Waals surface area contributed by atoms with Gasteiger partial charge in [-0.1, -0.05) is 19.1 Å². The highest BCUT2D eigenvalue weighted by Crippen LogP contribution is 2.26. The molecule has 0 radical (unpaired) electrons. The van der Waals surface area contributed by atoms with Crippen LogP contribution in [0.15, 0.2) is 29.6 Å². The number of nitrogens with zero attached hydrogens (tertiary/aromatic N) is 1. The van der Waals surface area contributed by atoms with Crippen molar-refractivity contribution in [3.8, 4) is 11.3 Å². The summed E-state index contributed by atoms with van der Waals surface area (Å²) in [7, 11) is 0. The van der Waals surface area contributed by atoms with Crippen LogP contribution in [0.5, 0.6) is 0 Å². The first-order chi connectivity index (χ1) is 9.58. The van der Waals surface area contributed by atoms with E-state index in [1.807, 2.05) is 29.6 Å². The third-order valence-electron chi connectivity index (χ3n) is 2.99. The molecule has 0 aliphatic rings. The summed E-state index contributed by atoms with van der Waals surface area (Å²) in [5, 5.41) is 9.11. The standard InChI is InChI=1S/C15H19N3OS/c1-4-10(2)16-15-18-14(9-20-15)12-5-7-13(8-6-12)17-11(3)19/h5-10H,4H2,1-3H3,(H,16,18)(H,17,19)/t10-/m1/s1. The molecule has 0 aliphatic carbocycles. The first kappa shape index (κ1) is 14.5. The lowest BCUT2D eigenvalue weighted by Crippen LogP contribution is -2.12. The zero-order chi connectivity index (χ0) is 14.5. The fraction of sp³-hybridized carbons (Fsp3) is 0.333. The molecule has 1 atom stereocenters. The summed E-state index contributed by atoms with van der Waals surface area (Å²) in [6, 6.07) is 8.13. The third-order valence-corrected chi connectivity index (χ3v) is 3.76. The lowest BCUT2D eigenvalue weighted by atomic mass is 10.1. The highest BCUT2D eigenvalue weighted by atomic mass is 32.1. The summed E-state index contributed by atoms with van der Waals surface area (Å²) in [6.45, 7) is 5.79. The molecule has 4 nitrogen and oxygen atoms in total. The first-order valence-corrected chi connectivity index (χ1v) is 7.56. The molecule has 1 aromatic heterocycles. The summed E-state index contributed by atoms with van der Waals surface area (Å²) in [6.07, 6.45) is 1.07. The van der Waals surface area contributed by atoms with Gasteiger partial charge in [0.1, 0.15) is 0 Å². The number of nitrogens with one attached hydrogen (secondary N) is 2. The molecule has 106 valence electrons. The molecule has 2 aromatic rings. The van der Waals surface area contributed by atoms with Crippen molar-refractivity contribution in [3.05, 3.63) is 29.6 Å². The molecule has 2 rings (SSSR count). The van der Waals surface area contributed by atoms with Crippen molar-refractivity contribution in [3.63, 3.8) is 0 Å². The van der Waals surface area contributed by atoms with Gasteiger partial charge in [0, 0.05) is 29.6 Å². The summed E-state index contributed by atoms with van der Waals surface area (Å²) in [5.74, 6) is -0.0635. The SMILES string of the molecule is CC[C@@H](C)Nc1nc(-c2ccc(NC(C)=O)cc2)cs1. The minimum Gasteiger partial charge on any atom is -0.359 e. The molecule has 5 heteroatoms. The van der Waals surface area contributed by atoms with Crippen LogP contribution in [0.2, 0.25) is 0 Å². The van der Waals surface area contributed by atoms with Crippen molar-refractivity contribution in [1.82, 2.24) is 4.98 Å². The third kappa shape index (κ3) is 3.81.